The Bertz CT molecular complexity index is 232. The molecule has 3 heteroatoms. The first-order valence-corrected chi connectivity index (χ1v) is 6.42. The first-order chi connectivity index (χ1) is 5.74. The minimum absolute atomic E-state index is 0.646. The summed E-state index contributed by atoms with van der Waals surface area (Å²) >= 11 is 9.53. The van der Waals surface area contributed by atoms with Gasteiger partial charge in [0, 0.05) is 10.6 Å². The number of rotatable bonds is 4. The van der Waals surface area contributed by atoms with Gasteiger partial charge in [-0.3, -0.25) is 0 Å². The predicted octanol–water partition coefficient (Wildman–Crippen LogP) is 4.26. The van der Waals surface area contributed by atoms with Crippen LogP contribution >= 0.6 is 34.7 Å². The summed E-state index contributed by atoms with van der Waals surface area (Å²) in [4.78, 5) is 1.40. The van der Waals surface area contributed by atoms with E-state index < -0.39 is 0 Å². The van der Waals surface area contributed by atoms with Crippen molar-refractivity contribution in [1.29, 1.82) is 0 Å². The Hall–Kier alpha value is 0.340. The summed E-state index contributed by atoms with van der Waals surface area (Å²) in [7, 11) is 0. The van der Waals surface area contributed by atoms with E-state index in [4.69, 9.17) is 11.6 Å². The highest BCUT2D eigenvalue weighted by Crippen LogP contribution is 2.29. The summed E-state index contributed by atoms with van der Waals surface area (Å²) in [6.07, 6.45) is 0. The van der Waals surface area contributed by atoms with Crippen molar-refractivity contribution in [3.63, 3.8) is 0 Å². The molecular formula is C9H13ClS2. The molecule has 1 aromatic rings. The van der Waals surface area contributed by atoms with Gasteiger partial charge in [-0.05, 0) is 23.8 Å². The molecule has 12 heavy (non-hydrogen) atoms. The molecule has 0 saturated carbocycles. The molecule has 0 spiro atoms. The molecule has 1 unspecified atom stereocenters. The van der Waals surface area contributed by atoms with Gasteiger partial charge in [0.1, 0.15) is 0 Å². The molecule has 1 rings (SSSR count). The van der Waals surface area contributed by atoms with Gasteiger partial charge in [-0.1, -0.05) is 25.4 Å². The van der Waals surface area contributed by atoms with Crippen molar-refractivity contribution in [2.75, 3.05) is 11.5 Å². The SMILES string of the molecule is CCSCC(C)c1ccc(Cl)s1. The fourth-order valence-corrected chi connectivity index (χ4v) is 2.96. The van der Waals surface area contributed by atoms with Crippen molar-refractivity contribution in [2.24, 2.45) is 0 Å². The molecule has 0 bridgehead atoms. The van der Waals surface area contributed by atoms with Gasteiger partial charge < -0.3 is 0 Å². The predicted molar refractivity (Wildman–Crippen MR) is 60.7 cm³/mol. The number of thiophene rings is 1. The number of hydrogen-bond donors (Lipinski definition) is 0. The monoisotopic (exact) mass is 220 g/mol. The standard InChI is InChI=1S/C9H13ClS2/c1-3-11-6-7(2)8-4-5-9(10)12-8/h4-5,7H,3,6H2,1-2H3. The molecule has 1 aromatic heterocycles. The maximum Gasteiger partial charge on any atom is 0.0931 e. The van der Waals surface area contributed by atoms with Gasteiger partial charge in [-0.25, -0.2) is 0 Å². The Morgan fingerprint density at radius 1 is 1.58 bits per heavy atom. The lowest BCUT2D eigenvalue weighted by Gasteiger charge is -2.06. The van der Waals surface area contributed by atoms with Crippen molar-refractivity contribution in [2.45, 2.75) is 19.8 Å². The van der Waals surface area contributed by atoms with Crippen LogP contribution in [0.5, 0.6) is 0 Å². The van der Waals surface area contributed by atoms with E-state index in [9.17, 15) is 0 Å². The minimum Gasteiger partial charge on any atom is -0.162 e. The quantitative estimate of drug-likeness (QED) is 0.731. The average molecular weight is 221 g/mol. The molecule has 0 fully saturated rings. The third kappa shape index (κ3) is 3.00. The third-order valence-electron chi connectivity index (χ3n) is 1.65. The van der Waals surface area contributed by atoms with Gasteiger partial charge >= 0.3 is 0 Å². The van der Waals surface area contributed by atoms with Gasteiger partial charge in [0.05, 0.1) is 4.34 Å². The maximum atomic E-state index is 5.85. The molecule has 68 valence electrons. The fraction of sp³-hybridized carbons (Fsp3) is 0.556. The molecule has 0 aromatic carbocycles. The van der Waals surface area contributed by atoms with E-state index in [1.807, 2.05) is 17.8 Å². The van der Waals surface area contributed by atoms with E-state index in [0.29, 0.717) is 5.92 Å². The molecule has 0 aliphatic rings. The molecule has 0 radical (unpaired) electrons. The zero-order valence-electron chi connectivity index (χ0n) is 7.34. The van der Waals surface area contributed by atoms with E-state index in [-0.39, 0.29) is 0 Å². The lowest BCUT2D eigenvalue weighted by molar-refractivity contribution is 0.904. The van der Waals surface area contributed by atoms with Gasteiger partial charge in [-0.15, -0.1) is 11.3 Å². The fourth-order valence-electron chi connectivity index (χ4n) is 0.970. The molecule has 0 N–H and O–H groups in total. The summed E-state index contributed by atoms with van der Waals surface area (Å²) in [5.74, 6) is 3.05. The van der Waals surface area contributed by atoms with Crippen LogP contribution in [0.15, 0.2) is 12.1 Å². The van der Waals surface area contributed by atoms with Crippen molar-refractivity contribution < 1.29 is 0 Å². The van der Waals surface area contributed by atoms with Crippen molar-refractivity contribution >= 4 is 34.7 Å². The smallest absolute Gasteiger partial charge is 0.0931 e. The average Bonchev–Trinajstić information content (AvgIpc) is 2.47. The van der Waals surface area contributed by atoms with Crippen molar-refractivity contribution in [1.82, 2.24) is 0 Å². The topological polar surface area (TPSA) is 0 Å². The third-order valence-corrected chi connectivity index (χ3v) is 4.26. The van der Waals surface area contributed by atoms with E-state index in [1.165, 1.54) is 16.4 Å². The van der Waals surface area contributed by atoms with Gasteiger partial charge in [-0.2, -0.15) is 11.8 Å². The molecule has 0 nitrogen and oxygen atoms in total. The Labute approximate surface area is 87.3 Å². The molecule has 1 atom stereocenters. The summed E-state index contributed by atoms with van der Waals surface area (Å²) in [5, 5.41) is 0. The largest absolute Gasteiger partial charge is 0.162 e. The zero-order valence-corrected chi connectivity index (χ0v) is 9.73. The zero-order chi connectivity index (χ0) is 8.97. The maximum absolute atomic E-state index is 5.85. The molecule has 0 amide bonds. The van der Waals surface area contributed by atoms with Gasteiger partial charge in [0.15, 0.2) is 0 Å². The Morgan fingerprint density at radius 2 is 2.33 bits per heavy atom. The molecular weight excluding hydrogens is 208 g/mol. The Balaban J connectivity index is 2.47. The van der Waals surface area contributed by atoms with E-state index in [1.54, 1.807) is 11.3 Å². The normalized spacial score (nSPS) is 13.2. The summed E-state index contributed by atoms with van der Waals surface area (Å²) < 4.78 is 0.901. The molecule has 0 aliphatic heterocycles. The Morgan fingerprint density at radius 3 is 2.83 bits per heavy atom. The number of thioether (sulfide) groups is 1. The second-order valence-electron chi connectivity index (χ2n) is 2.70. The summed E-state index contributed by atoms with van der Waals surface area (Å²) in [5.41, 5.74) is 0. The van der Waals surface area contributed by atoms with Crippen LogP contribution in [0.2, 0.25) is 4.34 Å². The van der Waals surface area contributed by atoms with Crippen LogP contribution in [0, 0.1) is 0 Å². The highest BCUT2D eigenvalue weighted by atomic mass is 35.5. The van der Waals surface area contributed by atoms with E-state index >= 15 is 0 Å². The molecule has 1 heterocycles. The lowest BCUT2D eigenvalue weighted by atomic mass is 10.2. The van der Waals surface area contributed by atoms with Crippen LogP contribution in [0.3, 0.4) is 0 Å². The first kappa shape index (κ1) is 10.4. The second kappa shape index (κ2) is 5.15. The highest BCUT2D eigenvalue weighted by molar-refractivity contribution is 7.99. The van der Waals surface area contributed by atoms with Gasteiger partial charge in [0.25, 0.3) is 0 Å². The van der Waals surface area contributed by atoms with Crippen LogP contribution in [-0.4, -0.2) is 11.5 Å². The summed E-state index contributed by atoms with van der Waals surface area (Å²) in [6, 6.07) is 4.11. The van der Waals surface area contributed by atoms with Crippen LogP contribution in [0.25, 0.3) is 0 Å². The number of hydrogen-bond acceptors (Lipinski definition) is 2. The van der Waals surface area contributed by atoms with E-state index in [0.717, 1.165) is 4.34 Å². The Kier molecular flexibility index (Phi) is 4.47. The number of halogens is 1. The van der Waals surface area contributed by atoms with Gasteiger partial charge in [0.2, 0.25) is 0 Å². The van der Waals surface area contributed by atoms with Crippen LogP contribution in [0.1, 0.15) is 24.6 Å². The summed E-state index contributed by atoms with van der Waals surface area (Å²) in [6.45, 7) is 4.45. The molecule has 0 aliphatic carbocycles. The first-order valence-electron chi connectivity index (χ1n) is 4.07. The van der Waals surface area contributed by atoms with Crippen LogP contribution < -0.4 is 0 Å². The van der Waals surface area contributed by atoms with Crippen LogP contribution in [0.4, 0.5) is 0 Å². The second-order valence-corrected chi connectivity index (χ2v) is 5.77. The van der Waals surface area contributed by atoms with E-state index in [2.05, 4.69) is 19.9 Å². The van der Waals surface area contributed by atoms with Crippen molar-refractivity contribution in [3.8, 4) is 0 Å². The minimum atomic E-state index is 0.646. The van der Waals surface area contributed by atoms with Crippen molar-refractivity contribution in [3.05, 3.63) is 21.3 Å². The molecule has 0 saturated heterocycles. The lowest BCUT2D eigenvalue weighted by Crippen LogP contribution is -1.93. The highest BCUT2D eigenvalue weighted by Gasteiger charge is 2.07. The van der Waals surface area contributed by atoms with Crippen LogP contribution in [-0.2, 0) is 0 Å².